The molecule has 98 valence electrons. The predicted octanol–water partition coefficient (Wildman–Crippen LogP) is 3.30. The van der Waals surface area contributed by atoms with Crippen LogP contribution in [0.25, 0.3) is 0 Å². The molecule has 0 spiro atoms. The molecule has 5 heteroatoms. The van der Waals surface area contributed by atoms with E-state index in [1.165, 1.54) is 0 Å². The van der Waals surface area contributed by atoms with Crippen LogP contribution in [0.1, 0.15) is 15.9 Å². The normalized spacial score (nSPS) is 10.2. The van der Waals surface area contributed by atoms with Crippen LogP contribution in [0.5, 0.6) is 5.75 Å². The molecular formula is C14H13BrN2O2. The lowest BCUT2D eigenvalue weighted by Crippen LogP contribution is -2.12. The smallest absolute Gasteiger partial charge is 0.259 e. The van der Waals surface area contributed by atoms with E-state index in [0.29, 0.717) is 21.4 Å². The minimum Gasteiger partial charge on any atom is -0.507 e. The molecule has 0 aromatic heterocycles. The number of phenols is 1. The van der Waals surface area contributed by atoms with Crippen molar-refractivity contribution in [1.29, 1.82) is 0 Å². The van der Waals surface area contributed by atoms with Gasteiger partial charge in [0.25, 0.3) is 5.91 Å². The molecule has 0 bridgehead atoms. The molecular weight excluding hydrogens is 308 g/mol. The maximum absolute atomic E-state index is 12.1. The molecule has 19 heavy (non-hydrogen) atoms. The van der Waals surface area contributed by atoms with E-state index in [9.17, 15) is 9.90 Å². The summed E-state index contributed by atoms with van der Waals surface area (Å²) in [6, 6.07) is 10.1. The van der Waals surface area contributed by atoms with Gasteiger partial charge < -0.3 is 16.2 Å². The van der Waals surface area contributed by atoms with E-state index >= 15 is 0 Å². The highest BCUT2D eigenvalue weighted by atomic mass is 79.9. The Bertz CT molecular complexity index is 641. The number of carbonyl (C=O) groups excluding carboxylic acids is 1. The van der Waals surface area contributed by atoms with Crippen molar-refractivity contribution in [3.05, 3.63) is 52.0 Å². The molecule has 0 aliphatic heterocycles. The van der Waals surface area contributed by atoms with Gasteiger partial charge in [-0.1, -0.05) is 12.1 Å². The van der Waals surface area contributed by atoms with Crippen LogP contribution < -0.4 is 11.1 Å². The number of benzene rings is 2. The summed E-state index contributed by atoms with van der Waals surface area (Å²) < 4.78 is 0.707. The number of carbonyl (C=O) groups is 1. The molecule has 4 N–H and O–H groups in total. The SMILES string of the molecule is Cc1cccc(C(=O)Nc2ccc(N)c(Br)c2)c1O. The van der Waals surface area contributed by atoms with E-state index < -0.39 is 0 Å². The number of amides is 1. The zero-order chi connectivity index (χ0) is 14.0. The highest BCUT2D eigenvalue weighted by molar-refractivity contribution is 9.10. The molecule has 0 radical (unpaired) electrons. The number of aryl methyl sites for hydroxylation is 1. The second kappa shape index (κ2) is 5.32. The van der Waals surface area contributed by atoms with Gasteiger partial charge in [0.2, 0.25) is 0 Å². The average molecular weight is 321 g/mol. The fourth-order valence-corrected chi connectivity index (χ4v) is 2.02. The Balaban J connectivity index is 2.26. The molecule has 0 heterocycles. The molecule has 4 nitrogen and oxygen atoms in total. The number of phenolic OH excluding ortho intramolecular Hbond substituents is 1. The van der Waals surface area contributed by atoms with Gasteiger partial charge in [-0.3, -0.25) is 4.79 Å². The van der Waals surface area contributed by atoms with E-state index in [-0.39, 0.29) is 17.2 Å². The molecule has 0 atom stereocenters. The fourth-order valence-electron chi connectivity index (χ4n) is 1.65. The number of anilines is 2. The van der Waals surface area contributed by atoms with E-state index in [1.54, 1.807) is 43.3 Å². The van der Waals surface area contributed by atoms with Gasteiger partial charge in [-0.15, -0.1) is 0 Å². The van der Waals surface area contributed by atoms with Crippen LogP contribution in [0.2, 0.25) is 0 Å². The fraction of sp³-hybridized carbons (Fsp3) is 0.0714. The second-order valence-electron chi connectivity index (χ2n) is 4.16. The monoisotopic (exact) mass is 320 g/mol. The third-order valence-corrected chi connectivity index (χ3v) is 3.43. The Hall–Kier alpha value is -2.01. The van der Waals surface area contributed by atoms with E-state index in [1.807, 2.05) is 0 Å². The quantitative estimate of drug-likeness (QED) is 0.743. The zero-order valence-corrected chi connectivity index (χ0v) is 11.9. The molecule has 0 unspecified atom stereocenters. The van der Waals surface area contributed by atoms with Crippen LogP contribution in [0.4, 0.5) is 11.4 Å². The van der Waals surface area contributed by atoms with Crippen LogP contribution in [-0.2, 0) is 0 Å². The molecule has 0 aliphatic rings. The number of halogens is 1. The summed E-state index contributed by atoms with van der Waals surface area (Å²) in [6.45, 7) is 1.74. The van der Waals surface area contributed by atoms with Crippen molar-refractivity contribution in [3.63, 3.8) is 0 Å². The molecule has 2 rings (SSSR count). The number of para-hydroxylation sites is 1. The highest BCUT2D eigenvalue weighted by Gasteiger charge is 2.12. The van der Waals surface area contributed by atoms with Crippen LogP contribution >= 0.6 is 15.9 Å². The summed E-state index contributed by atoms with van der Waals surface area (Å²) in [5.41, 5.74) is 7.77. The molecule has 0 aliphatic carbocycles. The highest BCUT2D eigenvalue weighted by Crippen LogP contribution is 2.25. The Kier molecular flexibility index (Phi) is 3.76. The molecule has 0 saturated heterocycles. The summed E-state index contributed by atoms with van der Waals surface area (Å²) in [4.78, 5) is 12.1. The topological polar surface area (TPSA) is 75.4 Å². The summed E-state index contributed by atoms with van der Waals surface area (Å²) >= 11 is 3.29. The minimum absolute atomic E-state index is 0.00508. The number of nitrogens with two attached hydrogens (primary N) is 1. The van der Waals surface area contributed by atoms with Crippen molar-refractivity contribution in [3.8, 4) is 5.75 Å². The van der Waals surface area contributed by atoms with E-state index in [2.05, 4.69) is 21.2 Å². The minimum atomic E-state index is -0.363. The van der Waals surface area contributed by atoms with Crippen molar-refractivity contribution in [2.24, 2.45) is 0 Å². The Morgan fingerprint density at radius 1 is 1.32 bits per heavy atom. The van der Waals surface area contributed by atoms with Crippen molar-refractivity contribution in [2.45, 2.75) is 6.92 Å². The van der Waals surface area contributed by atoms with Crippen LogP contribution in [0.15, 0.2) is 40.9 Å². The number of hydrogen-bond donors (Lipinski definition) is 3. The maximum Gasteiger partial charge on any atom is 0.259 e. The summed E-state index contributed by atoms with van der Waals surface area (Å²) in [7, 11) is 0. The molecule has 0 saturated carbocycles. The van der Waals surface area contributed by atoms with Gasteiger partial charge in [-0.25, -0.2) is 0 Å². The molecule has 0 fully saturated rings. The Morgan fingerprint density at radius 3 is 2.74 bits per heavy atom. The lowest BCUT2D eigenvalue weighted by atomic mass is 10.1. The van der Waals surface area contributed by atoms with Gasteiger partial charge in [-0.05, 0) is 52.7 Å². The number of nitrogen functional groups attached to an aromatic ring is 1. The van der Waals surface area contributed by atoms with Gasteiger partial charge in [-0.2, -0.15) is 0 Å². The van der Waals surface area contributed by atoms with Crippen molar-refractivity contribution < 1.29 is 9.90 Å². The van der Waals surface area contributed by atoms with Gasteiger partial charge in [0.05, 0.1) is 5.56 Å². The second-order valence-corrected chi connectivity index (χ2v) is 5.02. The number of nitrogens with one attached hydrogen (secondary N) is 1. The first-order chi connectivity index (χ1) is 8.99. The summed E-state index contributed by atoms with van der Waals surface area (Å²) in [6.07, 6.45) is 0. The van der Waals surface area contributed by atoms with E-state index in [4.69, 9.17) is 5.73 Å². The third kappa shape index (κ3) is 2.88. The third-order valence-electron chi connectivity index (χ3n) is 2.74. The van der Waals surface area contributed by atoms with Gasteiger partial charge >= 0.3 is 0 Å². The zero-order valence-electron chi connectivity index (χ0n) is 10.3. The van der Waals surface area contributed by atoms with Crippen LogP contribution in [-0.4, -0.2) is 11.0 Å². The largest absolute Gasteiger partial charge is 0.507 e. The van der Waals surface area contributed by atoms with Crippen LogP contribution in [0.3, 0.4) is 0 Å². The maximum atomic E-state index is 12.1. The van der Waals surface area contributed by atoms with Crippen LogP contribution in [0, 0.1) is 6.92 Å². The van der Waals surface area contributed by atoms with Crippen molar-refractivity contribution >= 4 is 33.2 Å². The number of hydrogen-bond acceptors (Lipinski definition) is 3. The molecule has 2 aromatic carbocycles. The Morgan fingerprint density at radius 2 is 2.05 bits per heavy atom. The van der Waals surface area contributed by atoms with E-state index in [0.717, 1.165) is 0 Å². The average Bonchev–Trinajstić information content (AvgIpc) is 2.37. The first-order valence-corrected chi connectivity index (χ1v) is 6.43. The first kappa shape index (κ1) is 13.4. The van der Waals surface area contributed by atoms with Gasteiger partial charge in [0, 0.05) is 15.8 Å². The van der Waals surface area contributed by atoms with Crippen molar-refractivity contribution in [1.82, 2.24) is 0 Å². The summed E-state index contributed by atoms with van der Waals surface area (Å²) in [5.74, 6) is -0.368. The lowest BCUT2D eigenvalue weighted by molar-refractivity contribution is 0.102. The van der Waals surface area contributed by atoms with Gasteiger partial charge in [0.1, 0.15) is 5.75 Å². The van der Waals surface area contributed by atoms with Gasteiger partial charge in [0.15, 0.2) is 0 Å². The summed E-state index contributed by atoms with van der Waals surface area (Å²) in [5, 5.41) is 12.6. The number of rotatable bonds is 2. The standard InChI is InChI=1S/C14H13BrN2O2/c1-8-3-2-4-10(13(8)18)14(19)17-9-5-6-12(16)11(15)7-9/h2-7,18H,16H2,1H3,(H,17,19). The Labute approximate surface area is 119 Å². The van der Waals surface area contributed by atoms with Crippen molar-refractivity contribution in [2.75, 3.05) is 11.1 Å². The molecule has 1 amide bonds. The lowest BCUT2D eigenvalue weighted by Gasteiger charge is -2.09. The molecule has 2 aromatic rings. The predicted molar refractivity (Wildman–Crippen MR) is 79.4 cm³/mol. The number of aromatic hydroxyl groups is 1. The first-order valence-electron chi connectivity index (χ1n) is 5.64.